The second-order valence-electron chi connectivity index (χ2n) is 6.59. The monoisotopic (exact) mass is 401 g/mol. The van der Waals surface area contributed by atoms with Crippen LogP contribution in [0.25, 0.3) is 0 Å². The molecule has 2 rings (SSSR count). The first-order chi connectivity index (χ1) is 13.4. The highest BCUT2D eigenvalue weighted by atomic mass is 32.2. The Kier molecular flexibility index (Phi) is 11.7. The van der Waals surface area contributed by atoms with E-state index in [4.69, 9.17) is 4.74 Å². The predicted octanol–water partition coefficient (Wildman–Crippen LogP) is 6.36. The first kappa shape index (κ1) is 23.8. The van der Waals surface area contributed by atoms with Crippen LogP contribution in [0.4, 0.5) is 4.79 Å². The number of ether oxygens (including phenoxy) is 1. The van der Waals surface area contributed by atoms with E-state index >= 15 is 0 Å². The zero-order valence-corrected chi connectivity index (χ0v) is 17.8. The van der Waals surface area contributed by atoms with Gasteiger partial charge in [0.05, 0.1) is 0 Å². The minimum absolute atomic E-state index is 0.0185. The Hall–Kier alpha value is -2.27. The van der Waals surface area contributed by atoms with Crippen LogP contribution < -0.4 is 5.32 Å². The maximum Gasteiger partial charge on any atom is 0.311 e. The van der Waals surface area contributed by atoms with Crippen LogP contribution in [-0.4, -0.2) is 17.8 Å². The molecule has 1 N–H and O–H groups in total. The lowest BCUT2D eigenvalue weighted by atomic mass is 10.0. The molecule has 0 bridgehead atoms. The molecule has 0 spiro atoms. The van der Waals surface area contributed by atoms with Gasteiger partial charge in [0.1, 0.15) is 5.76 Å². The average Bonchev–Trinajstić information content (AvgIpc) is 3.06. The maximum atomic E-state index is 11.8. The van der Waals surface area contributed by atoms with Crippen LogP contribution in [0.2, 0.25) is 0 Å². The molecule has 152 valence electrons. The highest BCUT2D eigenvalue weighted by molar-refractivity contribution is 8.17. The van der Waals surface area contributed by atoms with E-state index in [0.29, 0.717) is 18.7 Å². The number of hydrogen-bond donors (Lipinski definition) is 1. The molecule has 0 unspecified atom stereocenters. The zero-order chi connectivity index (χ0) is 20.8. The fourth-order valence-electron chi connectivity index (χ4n) is 2.42. The second-order valence-corrected chi connectivity index (χ2v) is 7.74. The van der Waals surface area contributed by atoms with Crippen LogP contribution in [0.5, 0.6) is 0 Å². The van der Waals surface area contributed by atoms with Gasteiger partial charge in [-0.1, -0.05) is 48.6 Å². The lowest BCUT2D eigenvalue weighted by Crippen LogP contribution is -2.09. The highest BCUT2D eigenvalue weighted by Gasteiger charge is 2.11. The summed E-state index contributed by atoms with van der Waals surface area (Å²) in [7, 11) is 0. The number of allylic oxidation sites excluding steroid dienone is 8. The molecule has 1 saturated heterocycles. The van der Waals surface area contributed by atoms with E-state index in [2.05, 4.69) is 36.7 Å². The molecule has 28 heavy (non-hydrogen) atoms. The van der Waals surface area contributed by atoms with Crippen LogP contribution in [0.1, 0.15) is 52.4 Å². The normalized spacial score (nSPS) is 16.4. The summed E-state index contributed by atoms with van der Waals surface area (Å²) in [4.78, 5) is 22.9. The van der Waals surface area contributed by atoms with E-state index in [0.717, 1.165) is 42.6 Å². The van der Waals surface area contributed by atoms with Crippen LogP contribution in [0.15, 0.2) is 71.4 Å². The molecule has 0 aromatic carbocycles. The van der Waals surface area contributed by atoms with E-state index in [1.165, 1.54) is 17.3 Å². The van der Waals surface area contributed by atoms with Gasteiger partial charge >= 0.3 is 5.97 Å². The summed E-state index contributed by atoms with van der Waals surface area (Å²) in [6, 6.07) is 0. The van der Waals surface area contributed by atoms with Crippen molar-refractivity contribution in [2.75, 3.05) is 6.54 Å². The zero-order valence-electron chi connectivity index (χ0n) is 17.0. The molecular formula is C23H31NO3S. The van der Waals surface area contributed by atoms with Crippen molar-refractivity contribution in [3.8, 4) is 0 Å². The van der Waals surface area contributed by atoms with Crippen LogP contribution in [-0.2, 0) is 9.53 Å². The molecule has 0 atom stereocenters. The topological polar surface area (TPSA) is 55.4 Å². The summed E-state index contributed by atoms with van der Waals surface area (Å²) in [5.41, 5.74) is 2.33. The summed E-state index contributed by atoms with van der Waals surface area (Å²) < 4.78 is 5.31. The fourth-order valence-corrected chi connectivity index (χ4v) is 2.97. The Morgan fingerprint density at radius 3 is 2.61 bits per heavy atom. The number of rotatable bonds is 8. The lowest BCUT2D eigenvalue weighted by molar-refractivity contribution is -0.139. The maximum absolute atomic E-state index is 11.8. The Balaban J connectivity index is 0.000000467. The fraction of sp³-hybridized carbons (Fsp3) is 0.391. The van der Waals surface area contributed by atoms with E-state index < -0.39 is 0 Å². The number of amides is 1. The number of carbonyl (C=O) groups excluding carboxylic acids is 2. The summed E-state index contributed by atoms with van der Waals surface area (Å²) in [6.45, 7) is 11.8. The number of nitrogens with one attached hydrogen (secondary N) is 1. The smallest absolute Gasteiger partial charge is 0.311 e. The van der Waals surface area contributed by atoms with Gasteiger partial charge in [-0.15, -0.1) is 0 Å². The second kappa shape index (κ2) is 13.8. The van der Waals surface area contributed by atoms with Gasteiger partial charge in [-0.25, -0.2) is 0 Å². The molecule has 1 amide bonds. The van der Waals surface area contributed by atoms with Crippen molar-refractivity contribution in [1.29, 1.82) is 0 Å². The van der Waals surface area contributed by atoms with Crippen molar-refractivity contribution in [2.45, 2.75) is 52.4 Å². The van der Waals surface area contributed by atoms with Crippen molar-refractivity contribution in [3.05, 3.63) is 71.4 Å². The minimum atomic E-state index is -0.164. The van der Waals surface area contributed by atoms with Crippen LogP contribution >= 0.6 is 11.8 Å². The van der Waals surface area contributed by atoms with Crippen LogP contribution in [0, 0.1) is 0 Å². The third-order valence-electron chi connectivity index (χ3n) is 3.88. The number of hydrogen-bond acceptors (Lipinski definition) is 4. The minimum Gasteiger partial charge on any atom is -0.427 e. The van der Waals surface area contributed by atoms with E-state index in [-0.39, 0.29) is 11.2 Å². The molecule has 0 aromatic heterocycles. The standard InChI is InChI=1S/C19H26O2.C4H5NOS/c1-4-18(15-14-16(2)3)21-19(20)13-9-8-12-17-10-6-5-7-11-17;1-3-2-5-4(6)7-3/h4,6,10-11,14-15H,2,5,7-9,12-13H2,1,3H3;1-2H2,(H,5,6)/b15-14-,18-4+;. The molecular weight excluding hydrogens is 370 g/mol. The molecule has 1 fully saturated rings. The number of carbonyl (C=O) groups is 2. The van der Waals surface area contributed by atoms with Gasteiger partial charge in [0.25, 0.3) is 5.24 Å². The van der Waals surface area contributed by atoms with Gasteiger partial charge in [0, 0.05) is 17.9 Å². The van der Waals surface area contributed by atoms with Gasteiger partial charge < -0.3 is 10.1 Å². The van der Waals surface area contributed by atoms with Crippen molar-refractivity contribution in [1.82, 2.24) is 5.32 Å². The van der Waals surface area contributed by atoms with Gasteiger partial charge in [0.2, 0.25) is 0 Å². The Morgan fingerprint density at radius 2 is 2.11 bits per heavy atom. The molecule has 1 heterocycles. The third-order valence-corrected chi connectivity index (χ3v) is 4.65. The summed E-state index contributed by atoms with van der Waals surface area (Å²) in [5.74, 6) is 0.420. The van der Waals surface area contributed by atoms with Gasteiger partial charge in [0.15, 0.2) is 0 Å². The number of unbranched alkanes of at least 4 members (excludes halogenated alkanes) is 1. The Bertz CT molecular complexity index is 685. The largest absolute Gasteiger partial charge is 0.427 e. The summed E-state index contributed by atoms with van der Waals surface area (Å²) in [6.07, 6.45) is 17.8. The first-order valence-corrected chi connectivity index (χ1v) is 10.4. The molecule has 0 radical (unpaired) electrons. The van der Waals surface area contributed by atoms with Crippen molar-refractivity contribution < 1.29 is 14.3 Å². The third kappa shape index (κ3) is 11.4. The number of thioether (sulfide) groups is 1. The molecule has 5 heteroatoms. The van der Waals surface area contributed by atoms with Gasteiger partial charge in [-0.05, 0) is 69.9 Å². The molecule has 0 saturated carbocycles. The van der Waals surface area contributed by atoms with Gasteiger partial charge in [-0.2, -0.15) is 0 Å². The van der Waals surface area contributed by atoms with Crippen LogP contribution in [0.3, 0.4) is 0 Å². The first-order valence-electron chi connectivity index (χ1n) is 9.60. The van der Waals surface area contributed by atoms with Gasteiger partial charge in [-0.3, -0.25) is 9.59 Å². The SMILES string of the molecule is C=C(C)/C=C\C(=C/C)OC(=O)CCCCC1=CCCC=C1.C=C1CNC(=O)S1. The molecule has 0 aromatic rings. The Morgan fingerprint density at radius 1 is 1.32 bits per heavy atom. The van der Waals surface area contributed by atoms with Crippen molar-refractivity contribution >= 4 is 23.0 Å². The molecule has 4 nitrogen and oxygen atoms in total. The molecule has 1 aliphatic heterocycles. The summed E-state index contributed by atoms with van der Waals surface area (Å²) in [5, 5.41) is 2.61. The highest BCUT2D eigenvalue weighted by Crippen LogP contribution is 2.18. The average molecular weight is 402 g/mol. The van der Waals surface area contributed by atoms with E-state index in [9.17, 15) is 9.59 Å². The number of esters is 1. The van der Waals surface area contributed by atoms with Crippen molar-refractivity contribution in [3.63, 3.8) is 0 Å². The van der Waals surface area contributed by atoms with E-state index in [1.54, 1.807) is 12.2 Å². The summed E-state index contributed by atoms with van der Waals surface area (Å²) >= 11 is 1.18. The lowest BCUT2D eigenvalue weighted by Gasteiger charge is -2.07. The van der Waals surface area contributed by atoms with Crippen molar-refractivity contribution in [2.24, 2.45) is 0 Å². The predicted molar refractivity (Wildman–Crippen MR) is 119 cm³/mol. The molecule has 2 aliphatic rings. The Labute approximate surface area is 173 Å². The molecule has 1 aliphatic carbocycles. The quantitative estimate of drug-likeness (QED) is 0.222. The van der Waals surface area contributed by atoms with E-state index in [1.807, 2.05) is 19.9 Å².